The summed E-state index contributed by atoms with van der Waals surface area (Å²) in [7, 11) is 1.71. The number of aryl methyl sites for hydroxylation is 2. The van der Waals surface area contributed by atoms with E-state index in [4.69, 9.17) is 4.99 Å². The van der Waals surface area contributed by atoms with Gasteiger partial charge in [0.2, 0.25) is 0 Å². The second-order valence-corrected chi connectivity index (χ2v) is 9.50. The number of piperazine rings is 1. The summed E-state index contributed by atoms with van der Waals surface area (Å²) in [6, 6.07) is 16.0. The summed E-state index contributed by atoms with van der Waals surface area (Å²) >= 11 is 0. The van der Waals surface area contributed by atoms with E-state index in [1.807, 2.05) is 12.1 Å². The topological polar surface area (TPSA) is 71.5 Å². The lowest BCUT2D eigenvalue weighted by Crippen LogP contribution is -2.64. The number of carbonyl (C=O) groups excluding carboxylic acids is 2. The van der Waals surface area contributed by atoms with Gasteiger partial charge in [-0.15, -0.1) is 0 Å². The molecule has 3 amide bonds. The zero-order chi connectivity index (χ0) is 23.8. The molecular formula is C26H32N6O2. The Morgan fingerprint density at radius 2 is 1.65 bits per heavy atom. The molecule has 5 rings (SSSR count). The molecule has 8 nitrogen and oxygen atoms in total. The summed E-state index contributed by atoms with van der Waals surface area (Å²) in [5, 5.41) is 2.50. The van der Waals surface area contributed by atoms with Crippen molar-refractivity contribution in [3.8, 4) is 0 Å². The first-order valence-corrected chi connectivity index (χ1v) is 11.9. The minimum absolute atomic E-state index is 0.279. The number of hydrogen-bond acceptors (Lipinski definition) is 6. The molecule has 2 fully saturated rings. The van der Waals surface area contributed by atoms with Crippen molar-refractivity contribution in [2.24, 2.45) is 4.99 Å². The fourth-order valence-electron chi connectivity index (χ4n) is 4.97. The van der Waals surface area contributed by atoms with Crippen LogP contribution in [0, 0.1) is 13.8 Å². The molecule has 2 aromatic rings. The second kappa shape index (κ2) is 9.10. The van der Waals surface area contributed by atoms with Gasteiger partial charge in [0.05, 0.1) is 0 Å². The van der Waals surface area contributed by atoms with E-state index in [1.54, 1.807) is 7.05 Å². The highest BCUT2D eigenvalue weighted by atomic mass is 16.2. The Morgan fingerprint density at radius 1 is 0.941 bits per heavy atom. The van der Waals surface area contributed by atoms with E-state index in [9.17, 15) is 9.59 Å². The van der Waals surface area contributed by atoms with Gasteiger partial charge in [-0.05, 0) is 30.5 Å². The first-order chi connectivity index (χ1) is 16.4. The fourth-order valence-corrected chi connectivity index (χ4v) is 4.97. The van der Waals surface area contributed by atoms with Crippen molar-refractivity contribution in [1.82, 2.24) is 24.9 Å². The maximum atomic E-state index is 12.9. The van der Waals surface area contributed by atoms with Gasteiger partial charge in [-0.3, -0.25) is 15.0 Å². The predicted molar refractivity (Wildman–Crippen MR) is 131 cm³/mol. The smallest absolute Gasteiger partial charge is 0.325 e. The third-order valence-electron chi connectivity index (χ3n) is 7.12. The SMILES string of the molecule is Cc1ccc(CN2CCN(C3=NC4C(C(=O)NC(=O)N4C)N3Cc3ccccc3C)CC2)cc1. The molecule has 3 aliphatic heterocycles. The molecule has 1 N–H and O–H groups in total. The van der Waals surface area contributed by atoms with Gasteiger partial charge in [0.1, 0.15) is 0 Å². The number of hydrogen-bond donors (Lipinski definition) is 1. The second-order valence-electron chi connectivity index (χ2n) is 9.50. The molecule has 2 saturated heterocycles. The minimum atomic E-state index is -0.525. The van der Waals surface area contributed by atoms with Crippen LogP contribution in [0.2, 0.25) is 0 Å². The third kappa shape index (κ3) is 4.25. The molecule has 0 aliphatic carbocycles. The molecule has 34 heavy (non-hydrogen) atoms. The van der Waals surface area contributed by atoms with Crippen molar-refractivity contribution >= 4 is 17.9 Å². The monoisotopic (exact) mass is 460 g/mol. The maximum Gasteiger partial charge on any atom is 0.325 e. The Balaban J connectivity index is 1.35. The molecule has 3 heterocycles. The summed E-state index contributed by atoms with van der Waals surface area (Å²) in [5.41, 5.74) is 4.92. The molecule has 178 valence electrons. The Bertz CT molecular complexity index is 1110. The first kappa shape index (κ1) is 22.4. The molecule has 2 unspecified atom stereocenters. The summed E-state index contributed by atoms with van der Waals surface area (Å²) in [5.74, 6) is 0.531. The Morgan fingerprint density at radius 3 is 2.35 bits per heavy atom. The highest BCUT2D eigenvalue weighted by Gasteiger charge is 2.49. The van der Waals surface area contributed by atoms with E-state index in [2.05, 4.69) is 70.3 Å². The molecule has 3 aliphatic rings. The quantitative estimate of drug-likeness (QED) is 0.757. The first-order valence-electron chi connectivity index (χ1n) is 11.9. The van der Waals surface area contributed by atoms with Gasteiger partial charge in [0.15, 0.2) is 18.2 Å². The molecule has 0 spiro atoms. The highest BCUT2D eigenvalue weighted by molar-refractivity contribution is 6.03. The van der Waals surface area contributed by atoms with Gasteiger partial charge < -0.3 is 14.7 Å². The average Bonchev–Trinajstić information content (AvgIpc) is 3.21. The van der Waals surface area contributed by atoms with Crippen LogP contribution < -0.4 is 5.32 Å². The molecule has 2 atom stereocenters. The number of urea groups is 1. The minimum Gasteiger partial charge on any atom is -0.340 e. The highest BCUT2D eigenvalue weighted by Crippen LogP contribution is 2.28. The van der Waals surface area contributed by atoms with Gasteiger partial charge in [-0.1, -0.05) is 54.1 Å². The molecule has 8 heteroatoms. The van der Waals surface area contributed by atoms with Gasteiger partial charge in [-0.25, -0.2) is 9.79 Å². The van der Waals surface area contributed by atoms with Crippen LogP contribution in [-0.4, -0.2) is 82.9 Å². The number of rotatable bonds is 4. The van der Waals surface area contributed by atoms with E-state index in [1.165, 1.54) is 21.6 Å². The van der Waals surface area contributed by atoms with Gasteiger partial charge in [-0.2, -0.15) is 0 Å². The van der Waals surface area contributed by atoms with Crippen LogP contribution in [0.15, 0.2) is 53.5 Å². The molecule has 0 bridgehead atoms. The molecule has 0 aromatic heterocycles. The maximum absolute atomic E-state index is 12.9. The number of carbonyl (C=O) groups is 2. The fraction of sp³-hybridized carbons (Fsp3) is 0.423. The van der Waals surface area contributed by atoms with Crippen LogP contribution in [0.1, 0.15) is 22.3 Å². The van der Waals surface area contributed by atoms with Crippen molar-refractivity contribution in [3.05, 3.63) is 70.8 Å². The van der Waals surface area contributed by atoms with Crippen LogP contribution in [0.4, 0.5) is 4.79 Å². The molecule has 0 radical (unpaired) electrons. The standard InChI is InChI=1S/C26H32N6O2/c1-18-8-10-20(11-9-18)16-30-12-14-31(15-13-30)25-27-23-22(24(33)28-26(34)29(23)3)32(25)17-21-7-5-4-6-19(21)2/h4-11,22-23H,12-17H2,1-3H3,(H,28,33,34). The molecule has 0 saturated carbocycles. The lowest BCUT2D eigenvalue weighted by molar-refractivity contribution is -0.127. The van der Waals surface area contributed by atoms with E-state index in [0.29, 0.717) is 6.54 Å². The summed E-state index contributed by atoms with van der Waals surface area (Å²) in [6.07, 6.45) is -0.508. The number of nitrogens with one attached hydrogen (secondary N) is 1. The van der Waals surface area contributed by atoms with Crippen molar-refractivity contribution in [3.63, 3.8) is 0 Å². The average molecular weight is 461 g/mol. The van der Waals surface area contributed by atoms with Crippen LogP contribution in [-0.2, 0) is 17.9 Å². The Hall–Kier alpha value is -3.39. The van der Waals surface area contributed by atoms with Crippen LogP contribution >= 0.6 is 0 Å². The van der Waals surface area contributed by atoms with Gasteiger partial charge in [0.25, 0.3) is 5.91 Å². The van der Waals surface area contributed by atoms with E-state index in [0.717, 1.165) is 44.2 Å². The number of benzene rings is 2. The number of likely N-dealkylation sites (N-methyl/N-ethyl adjacent to an activating group) is 1. The van der Waals surface area contributed by atoms with Crippen molar-refractivity contribution in [2.75, 3.05) is 33.2 Å². The van der Waals surface area contributed by atoms with Gasteiger partial charge in [0, 0.05) is 46.3 Å². The summed E-state index contributed by atoms with van der Waals surface area (Å²) in [4.78, 5) is 38.5. The van der Waals surface area contributed by atoms with E-state index in [-0.39, 0.29) is 5.91 Å². The van der Waals surface area contributed by atoms with Crippen LogP contribution in [0.25, 0.3) is 0 Å². The number of guanidine groups is 1. The van der Waals surface area contributed by atoms with Crippen molar-refractivity contribution < 1.29 is 9.59 Å². The lowest BCUT2D eigenvalue weighted by atomic mass is 10.1. The number of fused-ring (bicyclic) bond motifs is 1. The Labute approximate surface area is 200 Å². The molecule has 2 aromatic carbocycles. The number of nitrogens with zero attached hydrogens (tertiary/aromatic N) is 5. The molecular weight excluding hydrogens is 428 g/mol. The third-order valence-corrected chi connectivity index (χ3v) is 7.12. The Kier molecular flexibility index (Phi) is 6.00. The largest absolute Gasteiger partial charge is 0.340 e. The van der Waals surface area contributed by atoms with Crippen LogP contribution in [0.3, 0.4) is 0 Å². The van der Waals surface area contributed by atoms with Crippen LogP contribution in [0.5, 0.6) is 0 Å². The zero-order valence-corrected chi connectivity index (χ0v) is 20.1. The summed E-state index contributed by atoms with van der Waals surface area (Å²) in [6.45, 7) is 9.19. The number of imide groups is 1. The van der Waals surface area contributed by atoms with E-state index >= 15 is 0 Å². The van der Waals surface area contributed by atoms with Crippen molar-refractivity contribution in [2.45, 2.75) is 39.1 Å². The van der Waals surface area contributed by atoms with Gasteiger partial charge >= 0.3 is 6.03 Å². The van der Waals surface area contributed by atoms with E-state index < -0.39 is 18.2 Å². The summed E-state index contributed by atoms with van der Waals surface area (Å²) < 4.78 is 0. The number of amides is 3. The number of aliphatic imine (C=N–C) groups is 1. The zero-order valence-electron chi connectivity index (χ0n) is 20.1. The predicted octanol–water partition coefficient (Wildman–Crippen LogP) is 2.17. The lowest BCUT2D eigenvalue weighted by Gasteiger charge is -2.40. The normalized spacial score (nSPS) is 23.1. The van der Waals surface area contributed by atoms with Crippen molar-refractivity contribution in [1.29, 1.82) is 0 Å².